The van der Waals surface area contributed by atoms with Gasteiger partial charge in [0.1, 0.15) is 0 Å². The minimum Gasteiger partial charge on any atom is -0.481 e. The molecule has 0 fully saturated rings. The fraction of sp³-hybridized carbons (Fsp3) is 0.231. The Morgan fingerprint density at radius 1 is 1.39 bits per heavy atom. The van der Waals surface area contributed by atoms with Crippen LogP contribution in [0.4, 0.5) is 5.69 Å². The van der Waals surface area contributed by atoms with Crippen molar-refractivity contribution in [1.29, 1.82) is 0 Å². The summed E-state index contributed by atoms with van der Waals surface area (Å²) < 4.78 is 0. The van der Waals surface area contributed by atoms with Gasteiger partial charge in [0, 0.05) is 23.0 Å². The maximum absolute atomic E-state index is 11.8. The molecule has 1 amide bonds. The third-order valence-electron chi connectivity index (χ3n) is 2.78. The van der Waals surface area contributed by atoms with Crippen LogP contribution in [0.15, 0.2) is 30.5 Å². The smallest absolute Gasteiger partial charge is 0.304 e. The average Bonchev–Trinajstić information content (AvgIpc) is 2.72. The number of carbonyl (C=O) groups is 2. The van der Waals surface area contributed by atoms with Gasteiger partial charge in [-0.05, 0) is 6.07 Å². The Labute approximate surface area is 104 Å². The Hall–Kier alpha value is -2.30. The Kier molecular flexibility index (Phi) is 3.32. The van der Waals surface area contributed by atoms with Crippen LogP contribution in [0, 0.1) is 5.92 Å². The molecule has 0 aliphatic heterocycles. The summed E-state index contributed by atoms with van der Waals surface area (Å²) in [6.45, 7) is 1.60. The molecule has 2 rings (SSSR count). The molecule has 1 unspecified atom stereocenters. The predicted molar refractivity (Wildman–Crippen MR) is 68.3 cm³/mol. The molecule has 0 aliphatic rings. The molecule has 5 heteroatoms. The first-order valence-electron chi connectivity index (χ1n) is 5.66. The molecule has 1 atom stereocenters. The Morgan fingerprint density at radius 2 is 2.11 bits per heavy atom. The number of carboxylic acids is 1. The Bertz CT molecular complexity index is 589. The van der Waals surface area contributed by atoms with Crippen LogP contribution in [0.3, 0.4) is 0 Å². The first-order chi connectivity index (χ1) is 8.58. The molecular formula is C13H14N2O3. The zero-order chi connectivity index (χ0) is 13.1. The Balaban J connectivity index is 2.14. The quantitative estimate of drug-likeness (QED) is 0.773. The van der Waals surface area contributed by atoms with Crippen molar-refractivity contribution < 1.29 is 14.7 Å². The van der Waals surface area contributed by atoms with Gasteiger partial charge in [-0.3, -0.25) is 9.59 Å². The SMILES string of the molecule is CC(CC(=O)O)C(=O)Nc1c[nH]c2ccccc12. The maximum Gasteiger partial charge on any atom is 0.304 e. The number of nitrogens with one attached hydrogen (secondary N) is 2. The number of hydrogen-bond acceptors (Lipinski definition) is 2. The van der Waals surface area contributed by atoms with Gasteiger partial charge in [0.15, 0.2) is 0 Å². The van der Waals surface area contributed by atoms with Gasteiger partial charge in [0.25, 0.3) is 0 Å². The number of para-hydroxylation sites is 1. The van der Waals surface area contributed by atoms with Crippen molar-refractivity contribution in [1.82, 2.24) is 4.98 Å². The number of carbonyl (C=O) groups excluding carboxylic acids is 1. The van der Waals surface area contributed by atoms with Crippen molar-refractivity contribution in [3.05, 3.63) is 30.5 Å². The average molecular weight is 246 g/mol. The standard InChI is InChI=1S/C13H14N2O3/c1-8(6-12(16)17)13(18)15-11-7-14-10-5-3-2-4-9(10)11/h2-5,7-8,14H,6H2,1H3,(H,15,18)(H,16,17). The number of fused-ring (bicyclic) bond motifs is 1. The summed E-state index contributed by atoms with van der Waals surface area (Å²) in [6, 6.07) is 7.58. The molecule has 3 N–H and O–H groups in total. The van der Waals surface area contributed by atoms with Crippen molar-refractivity contribution in [2.24, 2.45) is 5.92 Å². The fourth-order valence-electron chi connectivity index (χ4n) is 1.79. The van der Waals surface area contributed by atoms with Crippen molar-refractivity contribution in [2.45, 2.75) is 13.3 Å². The van der Waals surface area contributed by atoms with Gasteiger partial charge in [0.05, 0.1) is 12.1 Å². The lowest BCUT2D eigenvalue weighted by molar-refractivity contribution is -0.139. The van der Waals surface area contributed by atoms with Crippen molar-refractivity contribution in [3.8, 4) is 0 Å². The molecule has 0 aliphatic carbocycles. The highest BCUT2D eigenvalue weighted by atomic mass is 16.4. The van der Waals surface area contributed by atoms with E-state index < -0.39 is 11.9 Å². The first-order valence-corrected chi connectivity index (χ1v) is 5.66. The maximum atomic E-state index is 11.8. The summed E-state index contributed by atoms with van der Waals surface area (Å²) in [6.07, 6.45) is 1.53. The molecule has 1 heterocycles. The largest absolute Gasteiger partial charge is 0.481 e. The molecule has 0 bridgehead atoms. The first kappa shape index (κ1) is 12.2. The molecule has 94 valence electrons. The molecule has 0 spiro atoms. The second-order valence-electron chi connectivity index (χ2n) is 4.24. The normalized spacial score (nSPS) is 12.3. The number of carboxylic acid groups (broad SMARTS) is 1. The summed E-state index contributed by atoms with van der Waals surface area (Å²) in [5, 5.41) is 12.3. The highest BCUT2D eigenvalue weighted by molar-refractivity contribution is 6.02. The molecule has 5 nitrogen and oxygen atoms in total. The molecule has 0 saturated heterocycles. The molecular weight excluding hydrogens is 232 g/mol. The van der Waals surface area contributed by atoms with Crippen LogP contribution in [0.5, 0.6) is 0 Å². The van der Waals surface area contributed by atoms with Crippen LogP contribution in [0.25, 0.3) is 10.9 Å². The van der Waals surface area contributed by atoms with Gasteiger partial charge < -0.3 is 15.4 Å². The lowest BCUT2D eigenvalue weighted by atomic mass is 10.1. The summed E-state index contributed by atoms with van der Waals surface area (Å²) >= 11 is 0. The monoisotopic (exact) mass is 246 g/mol. The summed E-state index contributed by atoms with van der Waals surface area (Å²) in [7, 11) is 0. The lowest BCUT2D eigenvalue weighted by Crippen LogP contribution is -2.22. The predicted octanol–water partition coefficient (Wildman–Crippen LogP) is 2.22. The van der Waals surface area contributed by atoms with E-state index in [1.807, 2.05) is 24.3 Å². The Morgan fingerprint density at radius 3 is 2.83 bits per heavy atom. The van der Waals surface area contributed by atoms with Crippen molar-refractivity contribution in [2.75, 3.05) is 5.32 Å². The van der Waals surface area contributed by atoms with Crippen LogP contribution >= 0.6 is 0 Å². The van der Waals surface area contributed by atoms with Gasteiger partial charge in [-0.2, -0.15) is 0 Å². The van der Waals surface area contributed by atoms with E-state index in [-0.39, 0.29) is 12.3 Å². The summed E-state index contributed by atoms with van der Waals surface area (Å²) in [5.41, 5.74) is 1.60. The number of rotatable bonds is 4. The number of anilines is 1. The van der Waals surface area contributed by atoms with E-state index in [1.54, 1.807) is 13.1 Å². The zero-order valence-electron chi connectivity index (χ0n) is 9.93. The molecule has 1 aromatic heterocycles. The summed E-state index contributed by atoms with van der Waals surface area (Å²) in [4.78, 5) is 25.4. The number of aromatic amines is 1. The number of H-pyrrole nitrogens is 1. The van der Waals surface area contributed by atoms with E-state index in [9.17, 15) is 9.59 Å². The highest BCUT2D eigenvalue weighted by Crippen LogP contribution is 2.23. The number of aliphatic carboxylic acids is 1. The van der Waals surface area contributed by atoms with Crippen LogP contribution in [0.1, 0.15) is 13.3 Å². The second-order valence-corrected chi connectivity index (χ2v) is 4.24. The highest BCUT2D eigenvalue weighted by Gasteiger charge is 2.17. The van der Waals surface area contributed by atoms with Crippen molar-refractivity contribution >= 4 is 28.5 Å². The molecule has 0 saturated carbocycles. The number of aromatic nitrogens is 1. The van der Waals surface area contributed by atoms with Crippen LogP contribution in [-0.4, -0.2) is 22.0 Å². The van der Waals surface area contributed by atoms with Gasteiger partial charge in [0.2, 0.25) is 5.91 Å². The topological polar surface area (TPSA) is 82.2 Å². The zero-order valence-corrected chi connectivity index (χ0v) is 9.93. The van der Waals surface area contributed by atoms with E-state index in [4.69, 9.17) is 5.11 Å². The van der Waals surface area contributed by atoms with E-state index >= 15 is 0 Å². The molecule has 0 radical (unpaired) electrons. The number of amides is 1. The van der Waals surface area contributed by atoms with Gasteiger partial charge in [-0.25, -0.2) is 0 Å². The van der Waals surface area contributed by atoms with Crippen LogP contribution in [-0.2, 0) is 9.59 Å². The van der Waals surface area contributed by atoms with Crippen molar-refractivity contribution in [3.63, 3.8) is 0 Å². The second kappa shape index (κ2) is 4.91. The lowest BCUT2D eigenvalue weighted by Gasteiger charge is -2.09. The minimum atomic E-state index is -0.975. The number of hydrogen-bond donors (Lipinski definition) is 3. The van der Waals surface area contributed by atoms with Gasteiger partial charge >= 0.3 is 5.97 Å². The van der Waals surface area contributed by atoms with E-state index in [2.05, 4.69) is 10.3 Å². The van der Waals surface area contributed by atoms with E-state index in [0.29, 0.717) is 5.69 Å². The molecule has 2 aromatic rings. The third-order valence-corrected chi connectivity index (χ3v) is 2.78. The van der Waals surface area contributed by atoms with Gasteiger partial charge in [-0.15, -0.1) is 0 Å². The minimum absolute atomic E-state index is 0.172. The van der Waals surface area contributed by atoms with Gasteiger partial charge in [-0.1, -0.05) is 25.1 Å². The summed E-state index contributed by atoms with van der Waals surface area (Å²) in [5.74, 6) is -1.82. The van der Waals surface area contributed by atoms with E-state index in [1.165, 1.54) is 0 Å². The molecule has 1 aromatic carbocycles. The fourth-order valence-corrected chi connectivity index (χ4v) is 1.79. The van der Waals surface area contributed by atoms with Crippen LogP contribution < -0.4 is 5.32 Å². The molecule has 18 heavy (non-hydrogen) atoms. The third kappa shape index (κ3) is 2.51. The van der Waals surface area contributed by atoms with Crippen LogP contribution in [0.2, 0.25) is 0 Å². The number of benzene rings is 1. The van der Waals surface area contributed by atoms with E-state index in [0.717, 1.165) is 10.9 Å².